The molecular formula is C30H33ClN4O6S. The summed E-state index contributed by atoms with van der Waals surface area (Å²) in [6, 6.07) is 18.6. The molecule has 0 spiro atoms. The summed E-state index contributed by atoms with van der Waals surface area (Å²) in [5.41, 5.74) is 2.12. The van der Waals surface area contributed by atoms with Crippen molar-refractivity contribution in [1.29, 1.82) is 0 Å². The third-order valence-electron chi connectivity index (χ3n) is 7.12. The number of nitro benzene ring substituents is 1. The number of para-hydroxylation sites is 1. The van der Waals surface area contributed by atoms with Crippen LogP contribution in [0.2, 0.25) is 5.02 Å². The highest BCUT2D eigenvalue weighted by molar-refractivity contribution is 7.89. The lowest BCUT2D eigenvalue weighted by atomic mass is 10.1. The van der Waals surface area contributed by atoms with E-state index in [1.807, 2.05) is 67.6 Å². The molecule has 0 aromatic heterocycles. The molecule has 0 atom stereocenters. The first-order valence-electron chi connectivity index (χ1n) is 13.4. The van der Waals surface area contributed by atoms with Gasteiger partial charge >= 0.3 is 0 Å². The van der Waals surface area contributed by atoms with Crippen LogP contribution in [0.4, 0.5) is 5.69 Å². The number of rotatable bonds is 11. The fourth-order valence-corrected chi connectivity index (χ4v) is 6.29. The van der Waals surface area contributed by atoms with Gasteiger partial charge in [0.2, 0.25) is 10.0 Å². The number of nitro groups is 1. The molecule has 12 heteroatoms. The van der Waals surface area contributed by atoms with Crippen molar-refractivity contribution in [2.75, 3.05) is 52.9 Å². The van der Waals surface area contributed by atoms with Crippen LogP contribution >= 0.6 is 11.6 Å². The predicted octanol–water partition coefficient (Wildman–Crippen LogP) is 4.73. The Morgan fingerprint density at radius 3 is 2.43 bits per heavy atom. The van der Waals surface area contributed by atoms with Crippen LogP contribution in [0.3, 0.4) is 0 Å². The number of carbonyl (C=O) groups excluding carboxylic acids is 1. The molecule has 3 aromatic carbocycles. The van der Waals surface area contributed by atoms with Crippen molar-refractivity contribution in [2.24, 2.45) is 0 Å². The van der Waals surface area contributed by atoms with Gasteiger partial charge in [-0.15, -0.1) is 0 Å². The zero-order valence-electron chi connectivity index (χ0n) is 23.5. The van der Waals surface area contributed by atoms with Crippen LogP contribution < -0.4 is 4.74 Å². The average Bonchev–Trinajstić information content (AvgIpc) is 2.99. The number of ether oxygens (including phenoxy) is 1. The molecule has 4 rings (SSSR count). The van der Waals surface area contributed by atoms with Crippen molar-refractivity contribution in [3.63, 3.8) is 0 Å². The maximum Gasteiger partial charge on any atom is 0.289 e. The molecule has 1 saturated heterocycles. The van der Waals surface area contributed by atoms with Crippen molar-refractivity contribution in [3.8, 4) is 5.75 Å². The highest BCUT2D eigenvalue weighted by Crippen LogP contribution is 2.29. The Morgan fingerprint density at radius 2 is 1.76 bits per heavy atom. The molecule has 222 valence electrons. The van der Waals surface area contributed by atoms with Crippen molar-refractivity contribution >= 4 is 39.3 Å². The summed E-state index contributed by atoms with van der Waals surface area (Å²) in [7, 11) is -2.31. The maximum absolute atomic E-state index is 13.4. The zero-order chi connectivity index (χ0) is 30.3. The van der Waals surface area contributed by atoms with Crippen LogP contribution in [-0.2, 0) is 10.0 Å². The van der Waals surface area contributed by atoms with Gasteiger partial charge < -0.3 is 9.64 Å². The zero-order valence-corrected chi connectivity index (χ0v) is 25.1. The lowest BCUT2D eigenvalue weighted by Crippen LogP contribution is -2.50. The van der Waals surface area contributed by atoms with Gasteiger partial charge in [-0.25, -0.2) is 8.42 Å². The van der Waals surface area contributed by atoms with Gasteiger partial charge in [-0.1, -0.05) is 59.6 Å². The molecule has 0 unspecified atom stereocenters. The van der Waals surface area contributed by atoms with Crippen LogP contribution in [-0.4, -0.2) is 86.3 Å². The quantitative estimate of drug-likeness (QED) is 0.227. The number of amides is 1. The molecule has 3 aromatic rings. The molecular weight excluding hydrogens is 580 g/mol. The van der Waals surface area contributed by atoms with E-state index in [9.17, 15) is 23.3 Å². The van der Waals surface area contributed by atoms with E-state index in [2.05, 4.69) is 4.90 Å². The second kappa shape index (κ2) is 13.9. The van der Waals surface area contributed by atoms with E-state index in [1.165, 1.54) is 16.4 Å². The maximum atomic E-state index is 13.4. The third-order valence-corrected chi connectivity index (χ3v) is 9.33. The number of hydrogen-bond acceptors (Lipinski definition) is 7. The molecule has 10 nitrogen and oxygen atoms in total. The Hall–Kier alpha value is -3.77. The van der Waals surface area contributed by atoms with E-state index in [0.29, 0.717) is 38.3 Å². The van der Waals surface area contributed by atoms with Gasteiger partial charge in [0.05, 0.1) is 16.9 Å². The monoisotopic (exact) mass is 612 g/mol. The summed E-state index contributed by atoms with van der Waals surface area (Å²) in [5, 5.41) is 11.1. The number of aryl methyl sites for hydroxylation is 1. The summed E-state index contributed by atoms with van der Waals surface area (Å²) < 4.78 is 33.1. The Kier molecular flexibility index (Phi) is 10.3. The van der Waals surface area contributed by atoms with Crippen LogP contribution in [0.1, 0.15) is 21.5 Å². The standard InChI is InChI=1S/C30H33ClN4O6S/c1-23-9-11-25(12-10-23)30(36)33(15-5-7-24-6-3-4-8-29(24)41-2)19-16-32-17-20-34(21-18-32)42(39,40)26-13-14-27(31)28(22-26)35(37)38/h3-14,22H,15-21H2,1-2H3/b7-5+. The third kappa shape index (κ3) is 7.54. The Morgan fingerprint density at radius 1 is 1.07 bits per heavy atom. The Labute approximate surface area is 251 Å². The fourth-order valence-electron chi connectivity index (χ4n) is 4.66. The number of halogens is 1. The highest BCUT2D eigenvalue weighted by Gasteiger charge is 2.30. The first-order valence-corrected chi connectivity index (χ1v) is 15.2. The molecule has 0 aliphatic carbocycles. The first-order chi connectivity index (χ1) is 20.1. The normalized spacial score (nSPS) is 14.6. The molecule has 1 heterocycles. The predicted molar refractivity (Wildman–Crippen MR) is 162 cm³/mol. The second-order valence-electron chi connectivity index (χ2n) is 9.88. The molecule has 0 bridgehead atoms. The topological polar surface area (TPSA) is 113 Å². The molecule has 0 radical (unpaired) electrons. The van der Waals surface area contributed by atoms with E-state index in [1.54, 1.807) is 12.0 Å². The highest BCUT2D eigenvalue weighted by atomic mass is 35.5. The lowest BCUT2D eigenvalue weighted by molar-refractivity contribution is -0.384. The van der Waals surface area contributed by atoms with Crippen molar-refractivity contribution in [1.82, 2.24) is 14.1 Å². The number of benzene rings is 3. The molecule has 42 heavy (non-hydrogen) atoms. The smallest absolute Gasteiger partial charge is 0.289 e. The number of piperazine rings is 1. The number of hydrogen-bond donors (Lipinski definition) is 0. The Balaban J connectivity index is 1.41. The Bertz CT molecular complexity index is 1550. The van der Waals surface area contributed by atoms with Gasteiger partial charge in [-0.05, 0) is 37.3 Å². The molecule has 1 aliphatic rings. The largest absolute Gasteiger partial charge is 0.496 e. The van der Waals surface area contributed by atoms with Gasteiger partial charge in [-0.2, -0.15) is 4.31 Å². The van der Waals surface area contributed by atoms with E-state index in [-0.39, 0.29) is 28.9 Å². The number of carbonyl (C=O) groups is 1. The van der Waals surface area contributed by atoms with Crippen LogP contribution in [0.5, 0.6) is 5.75 Å². The van der Waals surface area contributed by atoms with E-state index < -0.39 is 20.6 Å². The average molecular weight is 613 g/mol. The number of methoxy groups -OCH3 is 1. The molecule has 0 saturated carbocycles. The molecule has 1 aliphatic heterocycles. The van der Waals surface area contributed by atoms with Crippen molar-refractivity contribution in [2.45, 2.75) is 11.8 Å². The molecule has 1 fully saturated rings. The summed E-state index contributed by atoms with van der Waals surface area (Å²) >= 11 is 5.86. The summed E-state index contributed by atoms with van der Waals surface area (Å²) in [4.78, 5) is 27.7. The van der Waals surface area contributed by atoms with E-state index in [0.717, 1.165) is 22.9 Å². The summed E-state index contributed by atoms with van der Waals surface area (Å²) in [6.07, 6.45) is 3.86. The van der Waals surface area contributed by atoms with E-state index in [4.69, 9.17) is 16.3 Å². The minimum atomic E-state index is -3.93. The van der Waals surface area contributed by atoms with Crippen LogP contribution in [0.15, 0.2) is 77.7 Å². The molecule has 0 N–H and O–H groups in total. The lowest BCUT2D eigenvalue weighted by Gasteiger charge is -2.35. The number of sulfonamides is 1. The number of nitrogens with zero attached hydrogens (tertiary/aromatic N) is 4. The van der Waals surface area contributed by atoms with Gasteiger partial charge in [0.15, 0.2) is 0 Å². The first kappa shape index (κ1) is 31.2. The summed E-state index contributed by atoms with van der Waals surface area (Å²) in [5.74, 6) is 0.649. The van der Waals surface area contributed by atoms with Gasteiger partial charge in [-0.3, -0.25) is 19.8 Å². The second-order valence-corrected chi connectivity index (χ2v) is 12.2. The van der Waals surface area contributed by atoms with Crippen LogP contribution in [0.25, 0.3) is 6.08 Å². The van der Waals surface area contributed by atoms with Gasteiger partial charge in [0, 0.05) is 63.0 Å². The van der Waals surface area contributed by atoms with Gasteiger partial charge in [0.25, 0.3) is 11.6 Å². The van der Waals surface area contributed by atoms with Gasteiger partial charge in [0.1, 0.15) is 10.8 Å². The van der Waals surface area contributed by atoms with E-state index >= 15 is 0 Å². The van der Waals surface area contributed by atoms with Crippen molar-refractivity contribution in [3.05, 3.63) is 105 Å². The fraction of sp³-hybridized carbons (Fsp3) is 0.300. The summed E-state index contributed by atoms with van der Waals surface area (Å²) in [6.45, 7) is 4.71. The van der Waals surface area contributed by atoms with Crippen LogP contribution in [0, 0.1) is 17.0 Å². The van der Waals surface area contributed by atoms with Crippen molar-refractivity contribution < 1.29 is 22.9 Å². The SMILES string of the molecule is COc1ccccc1/C=C/CN(CCN1CCN(S(=O)(=O)c2ccc(Cl)c([N+](=O)[O-])c2)CC1)C(=O)c1ccc(C)cc1. The minimum Gasteiger partial charge on any atom is -0.496 e. The molecule has 1 amide bonds. The minimum absolute atomic E-state index is 0.0924.